The summed E-state index contributed by atoms with van der Waals surface area (Å²) in [5.41, 5.74) is 1.86. The lowest BCUT2D eigenvalue weighted by Crippen LogP contribution is -2.38. The lowest BCUT2D eigenvalue weighted by Gasteiger charge is -2.20. The number of rotatable bonds is 6. The van der Waals surface area contributed by atoms with Crippen LogP contribution in [0.4, 0.5) is 0 Å². The van der Waals surface area contributed by atoms with Gasteiger partial charge in [-0.2, -0.15) is 5.26 Å². The van der Waals surface area contributed by atoms with Gasteiger partial charge in [0.1, 0.15) is 11.3 Å². The fourth-order valence-electron chi connectivity index (χ4n) is 1.86. The number of hydrogen-bond acceptors (Lipinski definition) is 3. The first kappa shape index (κ1) is 14.5. The van der Waals surface area contributed by atoms with Gasteiger partial charge in [-0.1, -0.05) is 18.2 Å². The first-order valence-electron chi connectivity index (χ1n) is 6.31. The summed E-state index contributed by atoms with van der Waals surface area (Å²) in [6.07, 6.45) is 1.64. The van der Waals surface area contributed by atoms with E-state index in [0.29, 0.717) is 6.61 Å². The van der Waals surface area contributed by atoms with E-state index in [1.165, 1.54) is 0 Å². The van der Waals surface area contributed by atoms with E-state index in [-0.39, 0.29) is 0 Å². The SMILES string of the molecule is CNC(C)(C#N)CCCOc1c(C)cccc1C. The minimum absolute atomic E-state index is 0.454. The van der Waals surface area contributed by atoms with Gasteiger partial charge >= 0.3 is 0 Å². The van der Waals surface area contributed by atoms with Crippen molar-refractivity contribution in [2.45, 2.75) is 39.2 Å². The minimum atomic E-state index is -0.454. The number of hydrogen-bond donors (Lipinski definition) is 1. The summed E-state index contributed by atoms with van der Waals surface area (Å²) in [6.45, 7) is 6.65. The maximum Gasteiger partial charge on any atom is 0.125 e. The first-order valence-corrected chi connectivity index (χ1v) is 6.31. The molecule has 0 heterocycles. The summed E-state index contributed by atoms with van der Waals surface area (Å²) in [5, 5.41) is 12.1. The van der Waals surface area contributed by atoms with Crippen LogP contribution in [-0.2, 0) is 0 Å². The zero-order chi connectivity index (χ0) is 13.6. The summed E-state index contributed by atoms with van der Waals surface area (Å²) in [7, 11) is 1.82. The average molecular weight is 246 g/mol. The van der Waals surface area contributed by atoms with Crippen molar-refractivity contribution in [3.8, 4) is 11.8 Å². The predicted molar refractivity (Wildman–Crippen MR) is 73.7 cm³/mol. The Morgan fingerprint density at radius 3 is 2.44 bits per heavy atom. The highest BCUT2D eigenvalue weighted by Crippen LogP contribution is 2.22. The van der Waals surface area contributed by atoms with E-state index in [1.807, 2.05) is 20.0 Å². The van der Waals surface area contributed by atoms with E-state index < -0.39 is 5.54 Å². The summed E-state index contributed by atoms with van der Waals surface area (Å²) in [4.78, 5) is 0. The Morgan fingerprint density at radius 2 is 1.94 bits per heavy atom. The number of benzene rings is 1. The third-order valence-corrected chi connectivity index (χ3v) is 3.27. The van der Waals surface area contributed by atoms with Crippen molar-refractivity contribution in [2.75, 3.05) is 13.7 Å². The van der Waals surface area contributed by atoms with Gasteiger partial charge in [0.05, 0.1) is 12.7 Å². The van der Waals surface area contributed by atoms with Crippen molar-refractivity contribution < 1.29 is 4.74 Å². The predicted octanol–water partition coefficient (Wildman–Crippen LogP) is 2.96. The minimum Gasteiger partial charge on any atom is -0.493 e. The molecule has 0 aliphatic heterocycles. The Balaban J connectivity index is 2.46. The Hall–Kier alpha value is -1.53. The maximum atomic E-state index is 9.04. The van der Waals surface area contributed by atoms with Crippen LogP contribution < -0.4 is 10.1 Å². The van der Waals surface area contributed by atoms with Crippen molar-refractivity contribution in [3.63, 3.8) is 0 Å². The molecule has 18 heavy (non-hydrogen) atoms. The summed E-state index contributed by atoms with van der Waals surface area (Å²) in [6, 6.07) is 8.42. The number of ether oxygens (including phenoxy) is 1. The molecular weight excluding hydrogens is 224 g/mol. The van der Waals surface area contributed by atoms with E-state index in [4.69, 9.17) is 10.00 Å². The lowest BCUT2D eigenvalue weighted by molar-refractivity contribution is 0.285. The van der Waals surface area contributed by atoms with Crippen molar-refractivity contribution in [1.82, 2.24) is 5.32 Å². The zero-order valence-electron chi connectivity index (χ0n) is 11.7. The molecule has 98 valence electrons. The molecule has 1 aromatic rings. The molecule has 0 saturated carbocycles. The van der Waals surface area contributed by atoms with Crippen LogP contribution in [0.5, 0.6) is 5.75 Å². The summed E-state index contributed by atoms with van der Waals surface area (Å²) < 4.78 is 5.81. The van der Waals surface area contributed by atoms with E-state index in [2.05, 4.69) is 37.4 Å². The van der Waals surface area contributed by atoms with Crippen LogP contribution in [0.3, 0.4) is 0 Å². The quantitative estimate of drug-likeness (QED) is 0.785. The molecule has 0 bridgehead atoms. The molecule has 1 unspecified atom stereocenters. The lowest BCUT2D eigenvalue weighted by atomic mass is 9.98. The van der Waals surface area contributed by atoms with E-state index in [1.54, 1.807) is 0 Å². The van der Waals surface area contributed by atoms with Crippen LogP contribution in [0.2, 0.25) is 0 Å². The number of nitrogens with one attached hydrogen (secondary N) is 1. The second-order valence-electron chi connectivity index (χ2n) is 4.87. The third-order valence-electron chi connectivity index (χ3n) is 3.27. The van der Waals surface area contributed by atoms with Gasteiger partial charge in [-0.25, -0.2) is 0 Å². The molecule has 1 N–H and O–H groups in total. The number of aryl methyl sites for hydroxylation is 2. The second-order valence-corrected chi connectivity index (χ2v) is 4.87. The Bertz CT molecular complexity index is 416. The molecule has 1 atom stereocenters. The van der Waals surface area contributed by atoms with Crippen molar-refractivity contribution >= 4 is 0 Å². The molecule has 0 spiro atoms. The monoisotopic (exact) mass is 246 g/mol. The van der Waals surface area contributed by atoms with Crippen molar-refractivity contribution in [2.24, 2.45) is 0 Å². The topological polar surface area (TPSA) is 45.0 Å². The van der Waals surface area contributed by atoms with E-state index >= 15 is 0 Å². The largest absolute Gasteiger partial charge is 0.493 e. The van der Waals surface area contributed by atoms with Gasteiger partial charge in [-0.3, -0.25) is 0 Å². The van der Waals surface area contributed by atoms with Gasteiger partial charge in [0.2, 0.25) is 0 Å². The molecule has 0 saturated heterocycles. The standard InChI is InChI=1S/C15H22N2O/c1-12-7-5-8-13(2)14(12)18-10-6-9-15(3,11-16)17-4/h5,7-8,17H,6,9-10H2,1-4H3. The molecule has 3 nitrogen and oxygen atoms in total. The highest BCUT2D eigenvalue weighted by Gasteiger charge is 2.20. The molecule has 3 heteroatoms. The molecule has 1 rings (SSSR count). The van der Waals surface area contributed by atoms with E-state index in [9.17, 15) is 0 Å². The second kappa shape index (κ2) is 6.42. The molecule has 0 fully saturated rings. The van der Waals surface area contributed by atoms with Crippen molar-refractivity contribution in [3.05, 3.63) is 29.3 Å². The van der Waals surface area contributed by atoms with Gasteiger partial charge < -0.3 is 10.1 Å². The van der Waals surface area contributed by atoms with Crippen LogP contribution in [0.1, 0.15) is 30.9 Å². The van der Waals surface area contributed by atoms with Crippen molar-refractivity contribution in [1.29, 1.82) is 5.26 Å². The molecular formula is C15H22N2O. The smallest absolute Gasteiger partial charge is 0.125 e. The third kappa shape index (κ3) is 3.75. The van der Waals surface area contributed by atoms with Crippen LogP contribution in [0.25, 0.3) is 0 Å². The molecule has 0 radical (unpaired) electrons. The Labute approximate surface area is 110 Å². The molecule has 1 aromatic carbocycles. The fraction of sp³-hybridized carbons (Fsp3) is 0.533. The highest BCUT2D eigenvalue weighted by molar-refractivity contribution is 5.39. The van der Waals surface area contributed by atoms with Gasteiger partial charge in [0.25, 0.3) is 0 Å². The fourth-order valence-corrected chi connectivity index (χ4v) is 1.86. The van der Waals surface area contributed by atoms with Gasteiger partial charge in [-0.05, 0) is 51.8 Å². The van der Waals surface area contributed by atoms with Gasteiger partial charge in [0, 0.05) is 0 Å². The number of para-hydroxylation sites is 1. The van der Waals surface area contributed by atoms with E-state index in [0.717, 1.165) is 29.7 Å². The van der Waals surface area contributed by atoms with Gasteiger partial charge in [0.15, 0.2) is 0 Å². The highest BCUT2D eigenvalue weighted by atomic mass is 16.5. The summed E-state index contributed by atoms with van der Waals surface area (Å²) >= 11 is 0. The molecule has 0 aliphatic carbocycles. The van der Waals surface area contributed by atoms with Crippen LogP contribution >= 0.6 is 0 Å². The Kier molecular flexibility index (Phi) is 5.18. The summed E-state index contributed by atoms with van der Waals surface area (Å²) in [5.74, 6) is 0.973. The Morgan fingerprint density at radius 1 is 1.33 bits per heavy atom. The van der Waals surface area contributed by atoms with Crippen LogP contribution in [-0.4, -0.2) is 19.2 Å². The number of nitrogens with zero attached hydrogens (tertiary/aromatic N) is 1. The number of nitriles is 1. The maximum absolute atomic E-state index is 9.04. The van der Waals surface area contributed by atoms with Crippen LogP contribution in [0, 0.1) is 25.2 Å². The normalized spacial score (nSPS) is 13.7. The molecule has 0 amide bonds. The average Bonchev–Trinajstić information content (AvgIpc) is 2.37. The van der Waals surface area contributed by atoms with Gasteiger partial charge in [-0.15, -0.1) is 0 Å². The van der Waals surface area contributed by atoms with Crippen LogP contribution in [0.15, 0.2) is 18.2 Å². The molecule has 0 aromatic heterocycles. The zero-order valence-corrected chi connectivity index (χ0v) is 11.7. The first-order chi connectivity index (χ1) is 8.52. The molecule has 0 aliphatic rings.